The maximum Gasteiger partial charge on any atom is 0.227 e. The number of carbonyl (C=O) groups excluding carboxylic acids is 1. The van der Waals surface area contributed by atoms with Gasteiger partial charge in [-0.05, 0) is 18.8 Å². The zero-order valence-electron chi connectivity index (χ0n) is 9.97. The average Bonchev–Trinajstić information content (AvgIpc) is 2.53. The number of hydrogen-bond donors (Lipinski definition) is 0. The van der Waals surface area contributed by atoms with Gasteiger partial charge < -0.3 is 4.90 Å². The molecule has 0 unspecified atom stereocenters. The number of carbonyl (C=O) groups is 1. The Labute approximate surface area is 87.7 Å². The summed E-state index contributed by atoms with van der Waals surface area (Å²) in [5, 5.41) is 0. The van der Waals surface area contributed by atoms with Crippen molar-refractivity contribution in [2.45, 2.75) is 46.5 Å². The van der Waals surface area contributed by atoms with Crippen molar-refractivity contribution in [2.75, 3.05) is 13.6 Å². The fraction of sp³-hybridized carbons (Fsp3) is 0.917. The van der Waals surface area contributed by atoms with Crippen molar-refractivity contribution in [2.24, 2.45) is 11.3 Å². The van der Waals surface area contributed by atoms with Crippen molar-refractivity contribution < 1.29 is 4.79 Å². The first kappa shape index (κ1) is 11.5. The van der Waals surface area contributed by atoms with E-state index in [4.69, 9.17) is 0 Å². The molecule has 1 rings (SSSR count). The van der Waals surface area contributed by atoms with Crippen LogP contribution >= 0.6 is 0 Å². The van der Waals surface area contributed by atoms with Crippen molar-refractivity contribution in [3.05, 3.63) is 0 Å². The van der Waals surface area contributed by atoms with E-state index in [1.165, 1.54) is 25.7 Å². The summed E-state index contributed by atoms with van der Waals surface area (Å²) < 4.78 is 0. The van der Waals surface area contributed by atoms with E-state index < -0.39 is 0 Å². The Hall–Kier alpha value is -0.530. The molecule has 0 aliphatic heterocycles. The Morgan fingerprint density at radius 1 is 1.29 bits per heavy atom. The van der Waals surface area contributed by atoms with Crippen molar-refractivity contribution in [1.29, 1.82) is 0 Å². The molecule has 1 fully saturated rings. The van der Waals surface area contributed by atoms with E-state index in [-0.39, 0.29) is 11.3 Å². The molecule has 0 heterocycles. The molecule has 2 heteroatoms. The summed E-state index contributed by atoms with van der Waals surface area (Å²) >= 11 is 0. The summed E-state index contributed by atoms with van der Waals surface area (Å²) in [4.78, 5) is 13.8. The Kier molecular flexibility index (Phi) is 3.57. The molecule has 0 saturated heterocycles. The molecule has 0 bridgehead atoms. The lowest BCUT2D eigenvalue weighted by atomic mass is 9.94. The third-order valence-electron chi connectivity index (χ3n) is 3.00. The predicted molar refractivity (Wildman–Crippen MR) is 59.1 cm³/mol. The van der Waals surface area contributed by atoms with Gasteiger partial charge in [0.05, 0.1) is 0 Å². The van der Waals surface area contributed by atoms with Crippen LogP contribution in [0.15, 0.2) is 0 Å². The van der Waals surface area contributed by atoms with Crippen molar-refractivity contribution in [3.63, 3.8) is 0 Å². The summed E-state index contributed by atoms with van der Waals surface area (Å²) in [6, 6.07) is 0. The van der Waals surface area contributed by atoms with Gasteiger partial charge in [0.25, 0.3) is 0 Å². The minimum absolute atomic E-state index is 0.229. The van der Waals surface area contributed by atoms with Gasteiger partial charge in [0.1, 0.15) is 0 Å². The first-order valence-corrected chi connectivity index (χ1v) is 5.67. The maximum absolute atomic E-state index is 11.9. The number of rotatable bonds is 2. The van der Waals surface area contributed by atoms with Crippen LogP contribution in [0, 0.1) is 11.3 Å². The summed E-state index contributed by atoms with van der Waals surface area (Å²) in [6.07, 6.45) is 5.31. The highest BCUT2D eigenvalue weighted by atomic mass is 16.2. The van der Waals surface area contributed by atoms with Gasteiger partial charge in [-0.2, -0.15) is 0 Å². The van der Waals surface area contributed by atoms with E-state index >= 15 is 0 Å². The van der Waals surface area contributed by atoms with Gasteiger partial charge in [0.2, 0.25) is 5.91 Å². The van der Waals surface area contributed by atoms with Crippen molar-refractivity contribution in [1.82, 2.24) is 4.90 Å². The molecule has 1 saturated carbocycles. The van der Waals surface area contributed by atoms with Gasteiger partial charge >= 0.3 is 0 Å². The lowest BCUT2D eigenvalue weighted by molar-refractivity contribution is -0.138. The molecule has 1 aliphatic carbocycles. The molecule has 14 heavy (non-hydrogen) atoms. The van der Waals surface area contributed by atoms with Gasteiger partial charge in [-0.25, -0.2) is 0 Å². The molecule has 2 nitrogen and oxygen atoms in total. The van der Waals surface area contributed by atoms with Crippen LogP contribution in [-0.4, -0.2) is 24.4 Å². The lowest BCUT2D eigenvalue weighted by Gasteiger charge is -2.28. The van der Waals surface area contributed by atoms with E-state index in [0.29, 0.717) is 0 Å². The van der Waals surface area contributed by atoms with Crippen molar-refractivity contribution in [3.8, 4) is 0 Å². The highest BCUT2D eigenvalue weighted by Crippen LogP contribution is 2.26. The molecule has 82 valence electrons. The molecular formula is C12H23NO. The number of hydrogen-bond acceptors (Lipinski definition) is 1. The molecule has 0 aromatic heterocycles. The molecule has 0 aromatic carbocycles. The van der Waals surface area contributed by atoms with E-state index in [2.05, 4.69) is 0 Å². The maximum atomic E-state index is 11.9. The Balaban J connectivity index is 2.41. The van der Waals surface area contributed by atoms with E-state index in [1.54, 1.807) is 0 Å². The van der Waals surface area contributed by atoms with E-state index in [9.17, 15) is 4.79 Å². The predicted octanol–water partition coefficient (Wildman–Crippen LogP) is 2.68. The van der Waals surface area contributed by atoms with Crippen LogP contribution in [0.4, 0.5) is 0 Å². The third kappa shape index (κ3) is 3.00. The smallest absolute Gasteiger partial charge is 0.227 e. The van der Waals surface area contributed by atoms with Gasteiger partial charge in [0.15, 0.2) is 0 Å². The molecule has 0 atom stereocenters. The zero-order valence-corrected chi connectivity index (χ0v) is 9.97. The van der Waals surface area contributed by atoms with Crippen LogP contribution in [0.1, 0.15) is 46.5 Å². The van der Waals surface area contributed by atoms with Crippen LogP contribution in [0.5, 0.6) is 0 Å². The van der Waals surface area contributed by atoms with E-state index in [0.717, 1.165) is 12.5 Å². The number of nitrogens with zero attached hydrogens (tertiary/aromatic N) is 1. The first-order valence-electron chi connectivity index (χ1n) is 5.67. The lowest BCUT2D eigenvalue weighted by Crippen LogP contribution is -2.39. The molecule has 0 spiro atoms. The standard InChI is InChI=1S/C12H23NO/c1-12(2,3)11(14)13(4)9-10-7-5-6-8-10/h10H,5-9H2,1-4H3. The quantitative estimate of drug-likeness (QED) is 0.666. The SMILES string of the molecule is CN(CC1CCCC1)C(=O)C(C)(C)C. The van der Waals surface area contributed by atoms with E-state index in [1.807, 2.05) is 32.7 Å². The Bertz CT molecular complexity index is 199. The molecular weight excluding hydrogens is 174 g/mol. The van der Waals surface area contributed by atoms with Crippen LogP contribution in [0.2, 0.25) is 0 Å². The highest BCUT2D eigenvalue weighted by molar-refractivity contribution is 5.81. The van der Waals surface area contributed by atoms with Gasteiger partial charge in [-0.3, -0.25) is 4.79 Å². The second-order valence-electron chi connectivity index (χ2n) is 5.59. The molecule has 0 radical (unpaired) electrons. The second-order valence-corrected chi connectivity index (χ2v) is 5.59. The highest BCUT2D eigenvalue weighted by Gasteiger charge is 2.27. The molecule has 0 N–H and O–H groups in total. The summed E-state index contributed by atoms with van der Waals surface area (Å²) in [5.74, 6) is 1.02. The third-order valence-corrected chi connectivity index (χ3v) is 3.00. The topological polar surface area (TPSA) is 20.3 Å². The summed E-state index contributed by atoms with van der Waals surface area (Å²) in [5.41, 5.74) is -0.229. The normalized spacial score (nSPS) is 18.6. The van der Waals surface area contributed by atoms with Gasteiger partial charge in [-0.1, -0.05) is 33.6 Å². The summed E-state index contributed by atoms with van der Waals surface area (Å²) in [7, 11) is 1.94. The first-order chi connectivity index (χ1) is 6.41. The number of amides is 1. The Morgan fingerprint density at radius 2 is 1.79 bits per heavy atom. The minimum Gasteiger partial charge on any atom is -0.345 e. The Morgan fingerprint density at radius 3 is 2.21 bits per heavy atom. The molecule has 0 aromatic rings. The monoisotopic (exact) mass is 197 g/mol. The van der Waals surface area contributed by atoms with Gasteiger partial charge in [-0.15, -0.1) is 0 Å². The largest absolute Gasteiger partial charge is 0.345 e. The second kappa shape index (κ2) is 4.33. The van der Waals surface area contributed by atoms with Crippen LogP contribution in [0.3, 0.4) is 0 Å². The average molecular weight is 197 g/mol. The molecule has 1 aliphatic rings. The fourth-order valence-corrected chi connectivity index (χ4v) is 2.24. The van der Waals surface area contributed by atoms with Crippen LogP contribution < -0.4 is 0 Å². The van der Waals surface area contributed by atoms with Crippen molar-refractivity contribution >= 4 is 5.91 Å². The minimum atomic E-state index is -0.229. The summed E-state index contributed by atoms with van der Waals surface area (Å²) in [6.45, 7) is 6.91. The van der Waals surface area contributed by atoms with Crippen LogP contribution in [0.25, 0.3) is 0 Å². The van der Waals surface area contributed by atoms with Gasteiger partial charge in [0, 0.05) is 19.0 Å². The fourth-order valence-electron chi connectivity index (χ4n) is 2.24. The molecule has 1 amide bonds. The van der Waals surface area contributed by atoms with Crippen LogP contribution in [-0.2, 0) is 4.79 Å². The zero-order chi connectivity index (χ0) is 10.8.